The van der Waals surface area contributed by atoms with Crippen LogP contribution in [0.25, 0.3) is 0 Å². The van der Waals surface area contributed by atoms with Gasteiger partial charge in [0.2, 0.25) is 0 Å². The van der Waals surface area contributed by atoms with Gasteiger partial charge in [-0.05, 0) is 62.7 Å². The number of hydrogen-bond acceptors (Lipinski definition) is 3. The summed E-state index contributed by atoms with van der Waals surface area (Å²) in [4.78, 5) is 1.44. The van der Waals surface area contributed by atoms with Gasteiger partial charge in [-0.25, -0.2) is 0 Å². The first-order chi connectivity index (χ1) is 7.95. The predicted octanol–water partition coefficient (Wildman–Crippen LogP) is 2.62. The molecule has 2 N–H and O–H groups in total. The predicted molar refractivity (Wildman–Crippen MR) is 70.9 cm³/mol. The lowest BCUT2D eigenvalue weighted by molar-refractivity contribution is 0.348. The molecule has 0 bridgehead atoms. The minimum Gasteiger partial charge on any atom is -0.316 e. The fourth-order valence-corrected chi connectivity index (χ4v) is 2.99. The van der Waals surface area contributed by atoms with Crippen molar-refractivity contribution < 1.29 is 0 Å². The van der Waals surface area contributed by atoms with Gasteiger partial charge in [-0.15, -0.1) is 11.3 Å². The normalized spacial score (nSPS) is 21.1. The Morgan fingerprint density at radius 2 is 2.50 bits per heavy atom. The first-order valence-electron chi connectivity index (χ1n) is 6.39. The van der Waals surface area contributed by atoms with Gasteiger partial charge in [-0.2, -0.15) is 0 Å². The summed E-state index contributed by atoms with van der Waals surface area (Å²) in [7, 11) is 0. The lowest BCUT2D eigenvalue weighted by Crippen LogP contribution is -2.30. The van der Waals surface area contributed by atoms with Crippen molar-refractivity contribution in [2.75, 3.05) is 19.6 Å². The molecular weight excluding hydrogens is 216 g/mol. The molecule has 0 spiro atoms. The van der Waals surface area contributed by atoms with Crippen LogP contribution in [0.5, 0.6) is 0 Å². The molecule has 1 unspecified atom stereocenters. The highest BCUT2D eigenvalue weighted by molar-refractivity contribution is 7.09. The summed E-state index contributed by atoms with van der Waals surface area (Å²) < 4.78 is 0. The van der Waals surface area contributed by atoms with Gasteiger partial charge < -0.3 is 10.6 Å². The molecule has 16 heavy (non-hydrogen) atoms. The third-order valence-corrected chi connectivity index (χ3v) is 4.12. The van der Waals surface area contributed by atoms with E-state index in [1.165, 1.54) is 43.6 Å². The average Bonchev–Trinajstić information content (AvgIpc) is 2.83. The summed E-state index contributed by atoms with van der Waals surface area (Å²) in [5.41, 5.74) is 0. The van der Waals surface area contributed by atoms with E-state index in [4.69, 9.17) is 0 Å². The van der Waals surface area contributed by atoms with Crippen molar-refractivity contribution in [1.82, 2.24) is 10.6 Å². The van der Waals surface area contributed by atoms with Gasteiger partial charge in [-0.1, -0.05) is 6.07 Å². The van der Waals surface area contributed by atoms with Crippen LogP contribution in [0.3, 0.4) is 0 Å². The third-order valence-electron chi connectivity index (χ3n) is 3.24. The zero-order chi connectivity index (χ0) is 11.1. The molecule has 0 saturated carbocycles. The minimum absolute atomic E-state index is 0.928. The van der Waals surface area contributed by atoms with Crippen molar-refractivity contribution in [3.05, 3.63) is 22.4 Å². The van der Waals surface area contributed by atoms with E-state index in [0.717, 1.165) is 19.0 Å². The molecule has 0 aliphatic carbocycles. The fourth-order valence-electron chi connectivity index (χ4n) is 2.31. The van der Waals surface area contributed by atoms with E-state index in [0.29, 0.717) is 0 Å². The molecule has 0 amide bonds. The molecule has 1 fully saturated rings. The van der Waals surface area contributed by atoms with Crippen LogP contribution in [-0.4, -0.2) is 19.6 Å². The molecule has 90 valence electrons. The van der Waals surface area contributed by atoms with Crippen molar-refractivity contribution in [3.63, 3.8) is 0 Å². The van der Waals surface area contributed by atoms with E-state index < -0.39 is 0 Å². The number of piperidine rings is 1. The first kappa shape index (κ1) is 12.1. The summed E-state index contributed by atoms with van der Waals surface area (Å²) >= 11 is 1.84. The number of rotatable bonds is 6. The van der Waals surface area contributed by atoms with E-state index in [-0.39, 0.29) is 0 Å². The minimum atomic E-state index is 0.928. The van der Waals surface area contributed by atoms with Crippen molar-refractivity contribution in [2.45, 2.75) is 32.2 Å². The van der Waals surface area contributed by atoms with Gasteiger partial charge in [0, 0.05) is 11.4 Å². The van der Waals surface area contributed by atoms with Crippen molar-refractivity contribution in [3.8, 4) is 0 Å². The maximum atomic E-state index is 3.52. The molecule has 2 heterocycles. The summed E-state index contributed by atoms with van der Waals surface area (Å²) in [5, 5.41) is 9.14. The van der Waals surface area contributed by atoms with Gasteiger partial charge in [0.1, 0.15) is 0 Å². The Morgan fingerprint density at radius 3 is 3.25 bits per heavy atom. The highest BCUT2D eigenvalue weighted by atomic mass is 32.1. The molecule has 0 radical (unpaired) electrons. The summed E-state index contributed by atoms with van der Waals surface area (Å²) in [5.74, 6) is 0.928. The molecule has 1 saturated heterocycles. The second kappa shape index (κ2) is 7.05. The Hall–Kier alpha value is -0.380. The smallest absolute Gasteiger partial charge is 0.0299 e. The molecule has 2 nitrogen and oxygen atoms in total. The van der Waals surface area contributed by atoms with Crippen LogP contribution in [0, 0.1) is 5.92 Å². The zero-order valence-electron chi connectivity index (χ0n) is 9.87. The van der Waals surface area contributed by atoms with Crippen molar-refractivity contribution in [1.29, 1.82) is 0 Å². The quantitative estimate of drug-likeness (QED) is 0.745. The van der Waals surface area contributed by atoms with E-state index >= 15 is 0 Å². The van der Waals surface area contributed by atoms with Crippen LogP contribution in [-0.2, 0) is 6.54 Å². The van der Waals surface area contributed by atoms with Crippen molar-refractivity contribution in [2.24, 2.45) is 5.92 Å². The highest BCUT2D eigenvalue weighted by Gasteiger charge is 2.11. The Labute approximate surface area is 102 Å². The first-order valence-corrected chi connectivity index (χ1v) is 7.27. The monoisotopic (exact) mass is 238 g/mol. The maximum absolute atomic E-state index is 3.52. The zero-order valence-corrected chi connectivity index (χ0v) is 10.7. The van der Waals surface area contributed by atoms with Gasteiger partial charge in [0.25, 0.3) is 0 Å². The lowest BCUT2D eigenvalue weighted by Gasteiger charge is -2.22. The number of nitrogens with one attached hydrogen (secondary N) is 2. The van der Waals surface area contributed by atoms with E-state index in [1.807, 2.05) is 11.3 Å². The summed E-state index contributed by atoms with van der Waals surface area (Å²) in [6.45, 7) is 4.67. The molecular formula is C13H22N2S. The van der Waals surface area contributed by atoms with Crippen molar-refractivity contribution >= 4 is 11.3 Å². The van der Waals surface area contributed by atoms with Gasteiger partial charge in [-0.3, -0.25) is 0 Å². The Bertz CT molecular complexity index is 265. The molecule has 2 rings (SSSR count). The third kappa shape index (κ3) is 4.24. The lowest BCUT2D eigenvalue weighted by atomic mass is 9.95. The average molecular weight is 238 g/mol. The van der Waals surface area contributed by atoms with Crippen LogP contribution in [0.2, 0.25) is 0 Å². The molecule has 1 aromatic heterocycles. The Morgan fingerprint density at radius 1 is 1.50 bits per heavy atom. The molecule has 1 aliphatic rings. The second-order valence-electron chi connectivity index (χ2n) is 4.61. The molecule has 3 heteroatoms. The van der Waals surface area contributed by atoms with Crippen LogP contribution in [0.15, 0.2) is 17.5 Å². The Kier molecular flexibility index (Phi) is 5.32. The number of thiophene rings is 1. The SMILES string of the molecule is c1csc(CNCCCC2CCCNC2)c1. The second-order valence-corrected chi connectivity index (χ2v) is 5.64. The fraction of sp³-hybridized carbons (Fsp3) is 0.692. The maximum Gasteiger partial charge on any atom is 0.0299 e. The van der Waals surface area contributed by atoms with Gasteiger partial charge in [0.05, 0.1) is 0 Å². The summed E-state index contributed by atoms with van der Waals surface area (Å²) in [6, 6.07) is 4.32. The van der Waals surface area contributed by atoms with Crippen LogP contribution in [0.1, 0.15) is 30.6 Å². The van der Waals surface area contributed by atoms with Gasteiger partial charge >= 0.3 is 0 Å². The van der Waals surface area contributed by atoms with Crippen LogP contribution in [0.4, 0.5) is 0 Å². The Balaban J connectivity index is 1.48. The molecule has 1 aromatic rings. The van der Waals surface area contributed by atoms with E-state index in [9.17, 15) is 0 Å². The molecule has 1 atom stereocenters. The van der Waals surface area contributed by atoms with Gasteiger partial charge in [0.15, 0.2) is 0 Å². The molecule has 0 aromatic carbocycles. The van der Waals surface area contributed by atoms with Crippen LogP contribution < -0.4 is 10.6 Å². The van der Waals surface area contributed by atoms with E-state index in [1.54, 1.807) is 0 Å². The highest BCUT2D eigenvalue weighted by Crippen LogP contribution is 2.15. The largest absolute Gasteiger partial charge is 0.316 e. The number of hydrogen-bond donors (Lipinski definition) is 2. The van der Waals surface area contributed by atoms with Crippen LogP contribution >= 0.6 is 11.3 Å². The summed E-state index contributed by atoms with van der Waals surface area (Å²) in [6.07, 6.45) is 5.49. The standard InChI is InChI=1S/C13H22N2S/c1-4-12(10-14-7-1)5-2-8-15-11-13-6-3-9-16-13/h3,6,9,12,14-15H,1-2,4-5,7-8,10-11H2. The van der Waals surface area contributed by atoms with E-state index in [2.05, 4.69) is 28.1 Å². The molecule has 1 aliphatic heterocycles. The topological polar surface area (TPSA) is 24.1 Å².